The fourth-order valence-corrected chi connectivity index (χ4v) is 4.99. The zero-order chi connectivity index (χ0) is 21.5. The minimum atomic E-state index is -0.274. The van der Waals surface area contributed by atoms with Crippen LogP contribution in [-0.2, 0) is 4.79 Å². The molecule has 0 bridgehead atoms. The van der Waals surface area contributed by atoms with Crippen LogP contribution in [0.15, 0.2) is 64.7 Å². The molecule has 1 N–H and O–H groups in total. The number of thioether (sulfide) groups is 1. The maximum absolute atomic E-state index is 13.2. The summed E-state index contributed by atoms with van der Waals surface area (Å²) in [5.74, 6) is 0.436. The standard InChI is InChI=1S/C22H18ClN5O2S/c1-13-7-8-14(23)9-18(13)25-19(29)10-16-12-31-22-26-20-17(21(30)27(16)22)11-24-28(20)15-5-3-2-4-6-15/h2-9,11,16H,10,12H2,1H3,(H,25,29). The number of hydrogen-bond donors (Lipinski definition) is 1. The van der Waals surface area contributed by atoms with Crippen molar-refractivity contribution in [1.29, 1.82) is 0 Å². The molecular formula is C22H18ClN5O2S. The van der Waals surface area contributed by atoms with Gasteiger partial charge in [0.05, 0.1) is 17.9 Å². The third-order valence-electron chi connectivity index (χ3n) is 5.27. The number of aryl methyl sites for hydroxylation is 1. The van der Waals surface area contributed by atoms with Gasteiger partial charge in [0.15, 0.2) is 10.8 Å². The number of carbonyl (C=O) groups is 1. The molecule has 156 valence electrons. The van der Waals surface area contributed by atoms with Crippen LogP contribution in [0, 0.1) is 6.92 Å². The number of nitrogens with one attached hydrogen (secondary N) is 1. The second-order valence-corrected chi connectivity index (χ2v) is 8.80. The zero-order valence-electron chi connectivity index (χ0n) is 16.6. The molecule has 4 aromatic rings. The molecule has 31 heavy (non-hydrogen) atoms. The summed E-state index contributed by atoms with van der Waals surface area (Å²) in [7, 11) is 0. The van der Waals surface area contributed by atoms with Crippen molar-refractivity contribution >= 4 is 46.0 Å². The van der Waals surface area contributed by atoms with E-state index in [2.05, 4.69) is 10.4 Å². The van der Waals surface area contributed by atoms with Gasteiger partial charge in [0, 0.05) is 22.9 Å². The molecule has 0 saturated carbocycles. The zero-order valence-corrected chi connectivity index (χ0v) is 18.2. The fraction of sp³-hybridized carbons (Fsp3) is 0.182. The average Bonchev–Trinajstić information content (AvgIpc) is 3.36. The first-order valence-corrected chi connectivity index (χ1v) is 11.1. The van der Waals surface area contributed by atoms with Crippen molar-refractivity contribution in [1.82, 2.24) is 19.3 Å². The van der Waals surface area contributed by atoms with Crippen molar-refractivity contribution < 1.29 is 4.79 Å². The molecule has 0 radical (unpaired) electrons. The fourth-order valence-electron chi connectivity index (χ4n) is 3.68. The molecule has 0 aliphatic carbocycles. The quantitative estimate of drug-likeness (QED) is 0.470. The Labute approximate surface area is 187 Å². The highest BCUT2D eigenvalue weighted by atomic mass is 35.5. The van der Waals surface area contributed by atoms with Gasteiger partial charge >= 0.3 is 0 Å². The molecule has 2 aromatic heterocycles. The molecule has 0 fully saturated rings. The van der Waals surface area contributed by atoms with Gasteiger partial charge in [0.1, 0.15) is 5.39 Å². The number of hydrogen-bond acceptors (Lipinski definition) is 5. The molecular weight excluding hydrogens is 434 g/mol. The number of rotatable bonds is 4. The normalized spacial score (nSPS) is 15.2. The molecule has 5 rings (SSSR count). The molecule has 1 aliphatic rings. The van der Waals surface area contributed by atoms with Crippen molar-refractivity contribution in [3.05, 3.63) is 75.7 Å². The highest BCUT2D eigenvalue weighted by molar-refractivity contribution is 7.99. The van der Waals surface area contributed by atoms with E-state index in [0.717, 1.165) is 11.3 Å². The predicted molar refractivity (Wildman–Crippen MR) is 122 cm³/mol. The summed E-state index contributed by atoms with van der Waals surface area (Å²) in [6, 6.07) is 14.7. The molecule has 1 aliphatic heterocycles. The first-order valence-electron chi connectivity index (χ1n) is 9.76. The van der Waals surface area contributed by atoms with Crippen LogP contribution in [0.1, 0.15) is 18.0 Å². The van der Waals surface area contributed by atoms with Gasteiger partial charge < -0.3 is 5.32 Å². The summed E-state index contributed by atoms with van der Waals surface area (Å²) >= 11 is 7.52. The van der Waals surface area contributed by atoms with Gasteiger partial charge in [0.2, 0.25) is 5.91 Å². The van der Waals surface area contributed by atoms with E-state index >= 15 is 0 Å². The molecule has 1 unspecified atom stereocenters. The van der Waals surface area contributed by atoms with Crippen LogP contribution in [0.3, 0.4) is 0 Å². The number of aromatic nitrogens is 4. The maximum atomic E-state index is 13.2. The lowest BCUT2D eigenvalue weighted by Gasteiger charge is -2.14. The smallest absolute Gasteiger partial charge is 0.265 e. The SMILES string of the molecule is Cc1ccc(Cl)cc1NC(=O)CC1CSc2nc3c(cnn3-c3ccccc3)c(=O)n21. The molecule has 0 saturated heterocycles. The average molecular weight is 452 g/mol. The lowest BCUT2D eigenvalue weighted by Crippen LogP contribution is -2.27. The van der Waals surface area contributed by atoms with Crippen molar-refractivity contribution in [2.75, 3.05) is 11.1 Å². The van der Waals surface area contributed by atoms with E-state index in [4.69, 9.17) is 16.6 Å². The Morgan fingerprint density at radius 1 is 1.26 bits per heavy atom. The van der Waals surface area contributed by atoms with Crippen LogP contribution in [-0.4, -0.2) is 31.0 Å². The number of para-hydroxylation sites is 1. The number of halogens is 1. The van der Waals surface area contributed by atoms with E-state index < -0.39 is 0 Å². The Morgan fingerprint density at radius 2 is 2.06 bits per heavy atom. The highest BCUT2D eigenvalue weighted by Gasteiger charge is 2.29. The first-order chi connectivity index (χ1) is 15.0. The van der Waals surface area contributed by atoms with E-state index in [1.807, 2.05) is 43.3 Å². The van der Waals surface area contributed by atoms with Crippen LogP contribution in [0.2, 0.25) is 5.02 Å². The number of nitrogens with zero attached hydrogens (tertiary/aromatic N) is 4. The first kappa shape index (κ1) is 19.8. The van der Waals surface area contributed by atoms with E-state index in [9.17, 15) is 9.59 Å². The Bertz CT molecular complexity index is 1370. The van der Waals surface area contributed by atoms with E-state index in [1.54, 1.807) is 27.6 Å². The Hall–Kier alpha value is -3.10. The minimum absolute atomic E-state index is 0.171. The lowest BCUT2D eigenvalue weighted by molar-refractivity contribution is -0.116. The topological polar surface area (TPSA) is 81.8 Å². The summed E-state index contributed by atoms with van der Waals surface area (Å²) in [5, 5.41) is 8.87. The van der Waals surface area contributed by atoms with Crippen molar-refractivity contribution in [3.8, 4) is 5.69 Å². The molecule has 0 spiro atoms. The van der Waals surface area contributed by atoms with Crippen molar-refractivity contribution in [2.45, 2.75) is 24.5 Å². The predicted octanol–water partition coefficient (Wildman–Crippen LogP) is 4.22. The molecule has 1 atom stereocenters. The van der Waals surface area contributed by atoms with Crippen LogP contribution in [0.4, 0.5) is 5.69 Å². The van der Waals surface area contributed by atoms with Crippen molar-refractivity contribution in [2.24, 2.45) is 0 Å². The summed E-state index contributed by atoms with van der Waals surface area (Å²) in [6.07, 6.45) is 1.71. The summed E-state index contributed by atoms with van der Waals surface area (Å²) < 4.78 is 3.29. The second-order valence-electron chi connectivity index (χ2n) is 7.38. The third kappa shape index (κ3) is 3.62. The monoisotopic (exact) mass is 451 g/mol. The second kappa shape index (κ2) is 7.86. The molecule has 9 heteroatoms. The minimum Gasteiger partial charge on any atom is -0.326 e. The van der Waals surface area contributed by atoms with Crippen LogP contribution < -0.4 is 10.9 Å². The van der Waals surface area contributed by atoms with Crippen LogP contribution in [0.25, 0.3) is 16.7 Å². The number of carbonyl (C=O) groups excluding carboxylic acids is 1. The van der Waals surface area contributed by atoms with Gasteiger partial charge in [-0.25, -0.2) is 9.67 Å². The number of anilines is 1. The largest absolute Gasteiger partial charge is 0.326 e. The van der Waals surface area contributed by atoms with Crippen molar-refractivity contribution in [3.63, 3.8) is 0 Å². The maximum Gasteiger partial charge on any atom is 0.265 e. The molecule has 2 aromatic carbocycles. The van der Waals surface area contributed by atoms with E-state index in [0.29, 0.717) is 32.7 Å². The molecule has 1 amide bonds. The van der Waals surface area contributed by atoms with Gasteiger partial charge in [-0.3, -0.25) is 14.2 Å². The molecule has 7 nitrogen and oxygen atoms in total. The highest BCUT2D eigenvalue weighted by Crippen LogP contribution is 2.33. The number of fused-ring (bicyclic) bond motifs is 2. The Balaban J connectivity index is 1.45. The van der Waals surface area contributed by atoms with Gasteiger partial charge in [-0.15, -0.1) is 0 Å². The Kier molecular flexibility index (Phi) is 5.03. The van der Waals surface area contributed by atoms with Gasteiger partial charge in [-0.1, -0.05) is 47.6 Å². The van der Waals surface area contributed by atoms with Crippen LogP contribution >= 0.6 is 23.4 Å². The summed E-state index contributed by atoms with van der Waals surface area (Å²) in [6.45, 7) is 1.90. The summed E-state index contributed by atoms with van der Waals surface area (Å²) in [4.78, 5) is 30.6. The number of amides is 1. The van der Waals surface area contributed by atoms with Gasteiger partial charge in [-0.2, -0.15) is 5.10 Å². The van der Waals surface area contributed by atoms with Crippen LogP contribution in [0.5, 0.6) is 0 Å². The van der Waals surface area contributed by atoms with E-state index in [-0.39, 0.29) is 23.9 Å². The summed E-state index contributed by atoms with van der Waals surface area (Å²) in [5.41, 5.74) is 2.78. The molecule has 3 heterocycles. The van der Waals surface area contributed by atoms with Gasteiger partial charge in [0.25, 0.3) is 5.56 Å². The number of benzene rings is 2. The lowest BCUT2D eigenvalue weighted by atomic mass is 10.1. The Morgan fingerprint density at radius 3 is 2.87 bits per heavy atom. The van der Waals surface area contributed by atoms with E-state index in [1.165, 1.54) is 11.8 Å². The third-order valence-corrected chi connectivity index (χ3v) is 6.60. The van der Waals surface area contributed by atoms with Gasteiger partial charge in [-0.05, 0) is 36.8 Å².